The number of hydrogen-bond acceptors (Lipinski definition) is 2. The Hall–Kier alpha value is -0.440. The Morgan fingerprint density at radius 3 is 2.29 bits per heavy atom. The van der Waals surface area contributed by atoms with Crippen LogP contribution in [0, 0.1) is 5.92 Å². The number of halogens is 1. The Bertz CT molecular complexity index is 187. The lowest BCUT2D eigenvalue weighted by Crippen LogP contribution is -2.36. The van der Waals surface area contributed by atoms with Gasteiger partial charge in [-0.3, -0.25) is 0 Å². The molecule has 0 aromatic heterocycles. The highest BCUT2D eigenvalue weighted by Gasteiger charge is 2.17. The van der Waals surface area contributed by atoms with Gasteiger partial charge in [-0.15, -0.1) is 11.6 Å². The number of alkyl carbamates (subject to hydrolysis) is 1. The van der Waals surface area contributed by atoms with Gasteiger partial charge in [0.1, 0.15) is 5.60 Å². The number of rotatable bonds is 3. The molecule has 1 unspecified atom stereocenters. The first kappa shape index (κ1) is 13.6. The molecular weight excluding hydrogens is 202 g/mol. The third-order valence-corrected chi connectivity index (χ3v) is 2.22. The summed E-state index contributed by atoms with van der Waals surface area (Å²) in [6.45, 7) is 9.94. The summed E-state index contributed by atoms with van der Waals surface area (Å²) in [5.74, 6) is 0.339. The predicted octanol–water partition coefficient (Wildman–Crippen LogP) is 2.77. The third-order valence-electron chi connectivity index (χ3n) is 1.56. The summed E-state index contributed by atoms with van der Waals surface area (Å²) in [4.78, 5) is 11.2. The fourth-order valence-corrected chi connectivity index (χ4v) is 0.808. The van der Waals surface area contributed by atoms with Crippen molar-refractivity contribution in [2.75, 3.05) is 6.54 Å². The minimum Gasteiger partial charge on any atom is -0.444 e. The molecule has 1 amide bonds. The van der Waals surface area contributed by atoms with Gasteiger partial charge < -0.3 is 10.1 Å². The fraction of sp³-hybridized carbons (Fsp3) is 0.900. The number of ether oxygens (including phenoxy) is 1. The van der Waals surface area contributed by atoms with Gasteiger partial charge in [0, 0.05) is 6.54 Å². The molecular formula is C10H20ClNO2. The Kier molecular flexibility index (Phi) is 5.27. The number of amides is 1. The van der Waals surface area contributed by atoms with E-state index in [1.807, 2.05) is 34.6 Å². The van der Waals surface area contributed by atoms with Crippen molar-refractivity contribution in [2.45, 2.75) is 45.6 Å². The van der Waals surface area contributed by atoms with Crippen LogP contribution >= 0.6 is 11.6 Å². The van der Waals surface area contributed by atoms with Crippen LogP contribution in [0.2, 0.25) is 0 Å². The maximum absolute atomic E-state index is 11.2. The van der Waals surface area contributed by atoms with Crippen molar-refractivity contribution in [1.82, 2.24) is 5.32 Å². The van der Waals surface area contributed by atoms with Crippen LogP contribution in [0.1, 0.15) is 34.6 Å². The van der Waals surface area contributed by atoms with Crippen LogP contribution in [0.3, 0.4) is 0 Å². The maximum Gasteiger partial charge on any atom is 0.407 e. The van der Waals surface area contributed by atoms with E-state index in [0.29, 0.717) is 12.5 Å². The number of alkyl halides is 1. The van der Waals surface area contributed by atoms with Crippen molar-refractivity contribution >= 4 is 17.7 Å². The second-order valence-corrected chi connectivity index (χ2v) is 5.20. The maximum atomic E-state index is 11.2. The van der Waals surface area contributed by atoms with E-state index in [1.165, 1.54) is 0 Å². The highest BCUT2D eigenvalue weighted by molar-refractivity contribution is 6.21. The van der Waals surface area contributed by atoms with Gasteiger partial charge in [-0.05, 0) is 26.7 Å². The topological polar surface area (TPSA) is 38.3 Å². The average Bonchev–Trinajstić information content (AvgIpc) is 1.96. The van der Waals surface area contributed by atoms with Crippen LogP contribution in [0.25, 0.3) is 0 Å². The van der Waals surface area contributed by atoms with E-state index < -0.39 is 11.7 Å². The molecule has 0 aliphatic carbocycles. The molecule has 1 atom stereocenters. The van der Waals surface area contributed by atoms with Crippen molar-refractivity contribution in [1.29, 1.82) is 0 Å². The molecule has 0 aromatic rings. The highest BCUT2D eigenvalue weighted by Crippen LogP contribution is 2.09. The molecule has 0 saturated carbocycles. The van der Waals surface area contributed by atoms with E-state index in [-0.39, 0.29) is 5.38 Å². The highest BCUT2D eigenvalue weighted by atomic mass is 35.5. The van der Waals surface area contributed by atoms with Crippen LogP contribution in [-0.2, 0) is 4.74 Å². The largest absolute Gasteiger partial charge is 0.444 e. The van der Waals surface area contributed by atoms with Gasteiger partial charge in [0.25, 0.3) is 0 Å². The molecule has 0 heterocycles. The van der Waals surface area contributed by atoms with Crippen molar-refractivity contribution in [3.8, 4) is 0 Å². The Morgan fingerprint density at radius 1 is 1.43 bits per heavy atom. The van der Waals surface area contributed by atoms with E-state index in [2.05, 4.69) is 5.32 Å². The smallest absolute Gasteiger partial charge is 0.407 e. The number of carbonyl (C=O) groups excluding carboxylic acids is 1. The molecule has 3 nitrogen and oxygen atoms in total. The summed E-state index contributed by atoms with van der Waals surface area (Å²) in [7, 11) is 0. The number of carbonyl (C=O) groups is 1. The first-order valence-corrected chi connectivity index (χ1v) is 5.27. The Balaban J connectivity index is 3.75. The summed E-state index contributed by atoms with van der Waals surface area (Å²) >= 11 is 5.96. The summed E-state index contributed by atoms with van der Waals surface area (Å²) in [6, 6.07) is 0. The normalized spacial score (nSPS) is 13.9. The fourth-order valence-electron chi connectivity index (χ4n) is 0.731. The summed E-state index contributed by atoms with van der Waals surface area (Å²) in [5.41, 5.74) is -0.455. The molecule has 1 N–H and O–H groups in total. The zero-order valence-corrected chi connectivity index (χ0v) is 10.3. The minimum absolute atomic E-state index is 0.0532. The summed E-state index contributed by atoms with van der Waals surface area (Å²) < 4.78 is 5.06. The molecule has 0 aliphatic rings. The van der Waals surface area contributed by atoms with Crippen LogP contribution in [0.5, 0.6) is 0 Å². The molecule has 0 fully saturated rings. The monoisotopic (exact) mass is 221 g/mol. The predicted molar refractivity (Wildman–Crippen MR) is 58.7 cm³/mol. The van der Waals surface area contributed by atoms with E-state index in [9.17, 15) is 4.79 Å². The van der Waals surface area contributed by atoms with E-state index >= 15 is 0 Å². The Labute approximate surface area is 91.2 Å². The third kappa shape index (κ3) is 7.01. The molecule has 84 valence electrons. The first-order chi connectivity index (χ1) is 6.22. The molecule has 0 aliphatic heterocycles. The molecule has 14 heavy (non-hydrogen) atoms. The first-order valence-electron chi connectivity index (χ1n) is 4.83. The molecule has 0 spiro atoms. The second-order valence-electron chi connectivity index (χ2n) is 4.64. The molecule has 0 aromatic carbocycles. The van der Waals surface area contributed by atoms with Gasteiger partial charge >= 0.3 is 6.09 Å². The molecule has 0 radical (unpaired) electrons. The molecule has 0 bridgehead atoms. The van der Waals surface area contributed by atoms with Gasteiger partial charge in [0.15, 0.2) is 0 Å². The van der Waals surface area contributed by atoms with E-state index in [0.717, 1.165) is 0 Å². The van der Waals surface area contributed by atoms with E-state index in [1.54, 1.807) is 0 Å². The number of nitrogens with one attached hydrogen (secondary N) is 1. The van der Waals surface area contributed by atoms with Gasteiger partial charge in [-0.25, -0.2) is 4.79 Å². The second kappa shape index (κ2) is 5.44. The van der Waals surface area contributed by atoms with Crippen molar-refractivity contribution < 1.29 is 9.53 Å². The lowest BCUT2D eigenvalue weighted by atomic mass is 10.1. The van der Waals surface area contributed by atoms with Crippen LogP contribution in [0.4, 0.5) is 4.79 Å². The molecule has 4 heteroatoms. The van der Waals surface area contributed by atoms with Crippen LogP contribution in [0.15, 0.2) is 0 Å². The number of hydrogen-bond donors (Lipinski definition) is 1. The average molecular weight is 222 g/mol. The van der Waals surface area contributed by atoms with Gasteiger partial charge in [0.05, 0.1) is 5.38 Å². The van der Waals surface area contributed by atoms with Crippen molar-refractivity contribution in [3.05, 3.63) is 0 Å². The van der Waals surface area contributed by atoms with Gasteiger partial charge in [0.2, 0.25) is 0 Å². The zero-order valence-electron chi connectivity index (χ0n) is 9.56. The van der Waals surface area contributed by atoms with E-state index in [4.69, 9.17) is 16.3 Å². The van der Waals surface area contributed by atoms with Crippen molar-refractivity contribution in [3.63, 3.8) is 0 Å². The SMILES string of the molecule is CC(C)C(Cl)CNC(=O)OC(C)(C)C. The van der Waals surface area contributed by atoms with Gasteiger partial charge in [-0.2, -0.15) is 0 Å². The summed E-state index contributed by atoms with van der Waals surface area (Å²) in [6.07, 6.45) is -0.413. The zero-order chi connectivity index (χ0) is 11.4. The minimum atomic E-state index is -0.455. The van der Waals surface area contributed by atoms with Gasteiger partial charge in [-0.1, -0.05) is 13.8 Å². The quantitative estimate of drug-likeness (QED) is 0.745. The van der Waals surface area contributed by atoms with Crippen LogP contribution < -0.4 is 5.32 Å². The lowest BCUT2D eigenvalue weighted by molar-refractivity contribution is 0.0526. The lowest BCUT2D eigenvalue weighted by Gasteiger charge is -2.21. The molecule has 0 saturated heterocycles. The molecule has 0 rings (SSSR count). The summed E-state index contributed by atoms with van der Waals surface area (Å²) in [5, 5.41) is 2.57. The van der Waals surface area contributed by atoms with Crippen molar-refractivity contribution in [2.24, 2.45) is 5.92 Å². The Morgan fingerprint density at radius 2 is 1.93 bits per heavy atom. The van der Waals surface area contributed by atoms with Crippen LogP contribution in [-0.4, -0.2) is 23.6 Å². The standard InChI is InChI=1S/C10H20ClNO2/c1-7(2)8(11)6-12-9(13)14-10(3,4)5/h7-8H,6H2,1-5H3,(H,12,13).